The Morgan fingerprint density at radius 2 is 1.13 bits per heavy atom. The Morgan fingerprint density at radius 1 is 0.783 bits per heavy atom. The third kappa shape index (κ3) is 16.5. The summed E-state index contributed by atoms with van der Waals surface area (Å²) in [5, 5.41) is 0. The van der Waals surface area contributed by atoms with Crippen molar-refractivity contribution < 1.29 is 86.5 Å². The van der Waals surface area contributed by atoms with Crippen LogP contribution in [0.1, 0.15) is 31.9 Å². The van der Waals surface area contributed by atoms with Crippen LogP contribution >= 0.6 is 0 Å². The average molecular weight is 627 g/mol. The van der Waals surface area contributed by atoms with Crippen LogP contribution in [0.3, 0.4) is 0 Å². The molecule has 0 bridgehead atoms. The summed E-state index contributed by atoms with van der Waals surface area (Å²) < 4.78 is 0. The van der Waals surface area contributed by atoms with Gasteiger partial charge in [0.2, 0.25) is 0 Å². The van der Waals surface area contributed by atoms with Gasteiger partial charge in [-0.05, 0) is 0 Å². The SMILES string of the molecule is C[C-](Cc1[c-]cccc1)Cc1[c-]cccc1.[CH2-]C.[CH2-]C.[W].[Y].[Y]. The molecule has 0 aliphatic rings. The van der Waals surface area contributed by atoms with E-state index >= 15 is 0 Å². The summed E-state index contributed by atoms with van der Waals surface area (Å²) in [4.78, 5) is 0. The van der Waals surface area contributed by atoms with Gasteiger partial charge in [-0.3, -0.25) is 0 Å². The van der Waals surface area contributed by atoms with Crippen molar-refractivity contribution in [1.29, 1.82) is 0 Å². The van der Waals surface area contributed by atoms with Gasteiger partial charge in [-0.1, -0.05) is 0 Å². The molecule has 3 heteroatoms. The first-order valence-electron chi connectivity index (χ1n) is 6.98. The largest absolute Gasteiger partial charge is 0.346 e. The summed E-state index contributed by atoms with van der Waals surface area (Å²) >= 11 is 0. The van der Waals surface area contributed by atoms with Crippen molar-refractivity contribution >= 4 is 0 Å². The van der Waals surface area contributed by atoms with Gasteiger partial charge in [-0.25, -0.2) is 0 Å². The number of rotatable bonds is 4. The maximum Gasteiger partial charge on any atom is 0 e. The van der Waals surface area contributed by atoms with E-state index in [1.165, 1.54) is 17.0 Å². The second-order valence-electron chi connectivity index (χ2n) is 4.09. The van der Waals surface area contributed by atoms with Gasteiger partial charge < -0.3 is 19.8 Å². The van der Waals surface area contributed by atoms with Gasteiger partial charge in [0.05, 0.1) is 0 Å². The molecule has 0 saturated heterocycles. The van der Waals surface area contributed by atoms with Crippen molar-refractivity contribution in [3.63, 3.8) is 0 Å². The summed E-state index contributed by atoms with van der Waals surface area (Å²) in [5.41, 5.74) is 2.52. The van der Waals surface area contributed by atoms with Gasteiger partial charge in [0.25, 0.3) is 0 Å². The van der Waals surface area contributed by atoms with E-state index in [0.29, 0.717) is 0 Å². The molecule has 0 saturated carbocycles. The fourth-order valence-corrected chi connectivity index (χ4v) is 1.79. The van der Waals surface area contributed by atoms with Gasteiger partial charge in [0.1, 0.15) is 0 Å². The second-order valence-corrected chi connectivity index (χ2v) is 4.09. The Morgan fingerprint density at radius 3 is 1.39 bits per heavy atom. The molecular weight excluding hydrogens is 602 g/mol. The third-order valence-electron chi connectivity index (χ3n) is 2.53. The first-order chi connectivity index (χ1) is 9.84. The minimum atomic E-state index is 0. The maximum atomic E-state index is 3.25. The van der Waals surface area contributed by atoms with Crippen LogP contribution in [0.2, 0.25) is 0 Å². The van der Waals surface area contributed by atoms with Crippen molar-refractivity contribution in [2.24, 2.45) is 0 Å². The van der Waals surface area contributed by atoms with E-state index in [-0.39, 0.29) is 86.5 Å². The smallest absolute Gasteiger partial charge is 0 e. The topological polar surface area (TPSA) is 0 Å². The van der Waals surface area contributed by atoms with Crippen molar-refractivity contribution in [3.05, 3.63) is 91.6 Å². The van der Waals surface area contributed by atoms with E-state index in [1.54, 1.807) is 13.8 Å². The van der Waals surface area contributed by atoms with E-state index in [9.17, 15) is 0 Å². The van der Waals surface area contributed by atoms with E-state index < -0.39 is 0 Å². The molecule has 0 fully saturated rings. The van der Waals surface area contributed by atoms with Gasteiger partial charge in [0.15, 0.2) is 0 Å². The Hall–Kier alpha value is 1.34. The van der Waals surface area contributed by atoms with Gasteiger partial charge in [0, 0.05) is 86.5 Å². The molecule has 0 atom stereocenters. The molecule has 2 aromatic rings. The zero-order valence-corrected chi connectivity index (χ0v) is 23.1. The predicted molar refractivity (Wildman–Crippen MR) is 88.9 cm³/mol. The van der Waals surface area contributed by atoms with Crippen LogP contribution in [-0.2, 0) is 99.3 Å². The summed E-state index contributed by atoms with van der Waals surface area (Å²) in [6.07, 6.45) is 2.01. The Balaban J connectivity index is -0.000000240. The summed E-state index contributed by atoms with van der Waals surface area (Å²) in [5.74, 6) is 1.45. The van der Waals surface area contributed by atoms with Crippen molar-refractivity contribution in [2.45, 2.75) is 33.6 Å². The standard InChI is InChI=1S/C16H15.2C2H5.W.2Y/c1-14(12-15-8-4-2-5-9-15)13-16-10-6-3-7-11-16;2*1-2;;;/h2-8,10H,12-13H2,1H3;2*1H2,2H3;;;/q-3;2*-1;;;. The average Bonchev–Trinajstić information content (AvgIpc) is 2.53. The summed E-state index contributed by atoms with van der Waals surface area (Å²) in [6, 6.07) is 22.8. The van der Waals surface area contributed by atoms with Crippen molar-refractivity contribution in [2.75, 3.05) is 0 Å². The van der Waals surface area contributed by atoms with Crippen LogP contribution in [0, 0.1) is 31.9 Å². The molecule has 122 valence electrons. The van der Waals surface area contributed by atoms with Crippen LogP contribution in [0.25, 0.3) is 0 Å². The molecule has 0 N–H and O–H groups in total. The summed E-state index contributed by atoms with van der Waals surface area (Å²) in [6.45, 7) is 12.2. The van der Waals surface area contributed by atoms with Crippen LogP contribution in [0.4, 0.5) is 0 Å². The molecule has 2 rings (SSSR count). The number of hydrogen-bond donors (Lipinski definition) is 0. The van der Waals surface area contributed by atoms with E-state index in [2.05, 4.69) is 57.2 Å². The second kappa shape index (κ2) is 23.3. The van der Waals surface area contributed by atoms with Crippen LogP contribution in [-0.4, -0.2) is 0 Å². The third-order valence-corrected chi connectivity index (χ3v) is 2.53. The predicted octanol–water partition coefficient (Wildman–Crippen LogP) is 5.34. The minimum absolute atomic E-state index is 0. The quantitative estimate of drug-likeness (QED) is 0.402. The molecule has 2 aromatic carbocycles. The maximum absolute atomic E-state index is 3.25. The molecule has 0 amide bonds. The van der Waals surface area contributed by atoms with Gasteiger partial charge in [-0.2, -0.15) is 105 Å². The molecule has 0 aliphatic carbocycles. The van der Waals surface area contributed by atoms with Crippen LogP contribution < -0.4 is 0 Å². The van der Waals surface area contributed by atoms with Crippen LogP contribution in [0.15, 0.2) is 48.5 Å². The summed E-state index contributed by atoms with van der Waals surface area (Å²) in [7, 11) is 0. The Bertz CT molecular complexity index is 377. The molecule has 0 spiro atoms. The zero-order chi connectivity index (χ0) is 15.2. The molecule has 0 heterocycles. The molecule has 0 nitrogen and oxygen atoms in total. The van der Waals surface area contributed by atoms with Gasteiger partial charge >= 0.3 is 0 Å². The van der Waals surface area contributed by atoms with E-state index in [0.717, 1.165) is 12.8 Å². The van der Waals surface area contributed by atoms with Crippen LogP contribution in [0.5, 0.6) is 0 Å². The molecule has 0 unspecified atom stereocenters. The zero-order valence-electron chi connectivity index (χ0n) is 14.5. The fraction of sp³-hybridized carbons (Fsp3) is 0.250. The minimum Gasteiger partial charge on any atom is -0.346 e. The number of benzene rings is 2. The molecule has 0 aliphatic heterocycles. The number of hydrogen-bond acceptors (Lipinski definition) is 0. The molecule has 2 radical (unpaired) electrons. The molecule has 0 aromatic heterocycles. The molecular formula is C20H25WY2-5. The molecule has 23 heavy (non-hydrogen) atoms. The first kappa shape index (κ1) is 32.0. The van der Waals surface area contributed by atoms with Gasteiger partial charge in [-0.15, -0.1) is 0 Å². The van der Waals surface area contributed by atoms with E-state index in [4.69, 9.17) is 0 Å². The first-order valence-corrected chi connectivity index (χ1v) is 6.98. The van der Waals surface area contributed by atoms with Crippen molar-refractivity contribution in [3.8, 4) is 0 Å². The fourth-order valence-electron chi connectivity index (χ4n) is 1.79. The van der Waals surface area contributed by atoms with Crippen molar-refractivity contribution in [1.82, 2.24) is 0 Å². The monoisotopic (exact) mass is 627 g/mol. The normalized spacial score (nSPS) is 7.91. The Labute approximate surface area is 209 Å². The Kier molecular flexibility index (Phi) is 32.5. The van der Waals surface area contributed by atoms with E-state index in [1.807, 2.05) is 24.3 Å².